The Hall–Kier alpha value is -2.83. The Morgan fingerprint density at radius 3 is 2.47 bits per heavy atom. The molecule has 0 bridgehead atoms. The zero-order valence-corrected chi connectivity index (χ0v) is 20.8. The van der Waals surface area contributed by atoms with Crippen LogP contribution in [0.2, 0.25) is 0 Å². The van der Waals surface area contributed by atoms with Crippen molar-refractivity contribution in [3.63, 3.8) is 0 Å². The number of sulfone groups is 1. The number of benzene rings is 1. The van der Waals surface area contributed by atoms with E-state index in [0.717, 1.165) is 43.3 Å². The summed E-state index contributed by atoms with van der Waals surface area (Å²) < 4.78 is 23.5. The molecule has 1 aromatic heterocycles. The molecule has 10 nitrogen and oxygen atoms in total. The van der Waals surface area contributed by atoms with E-state index in [4.69, 9.17) is 4.84 Å². The average Bonchev–Trinajstić information content (AvgIpc) is 3.46. The van der Waals surface area contributed by atoms with Crippen molar-refractivity contribution >= 4 is 43.8 Å². The number of nitrogens with zero attached hydrogens (tertiary/aromatic N) is 2. The highest BCUT2D eigenvalue weighted by Gasteiger charge is 2.24. The highest BCUT2D eigenvalue weighted by molar-refractivity contribution is 7.90. The molecule has 1 aliphatic rings. The zero-order valence-electron chi connectivity index (χ0n) is 19.2. The van der Waals surface area contributed by atoms with Gasteiger partial charge in [-0.2, -0.15) is 0 Å². The van der Waals surface area contributed by atoms with E-state index in [1.807, 2.05) is 0 Å². The van der Waals surface area contributed by atoms with Crippen LogP contribution < -0.4 is 10.6 Å². The molecule has 3 rings (SSSR count). The number of rotatable bonds is 9. The second kappa shape index (κ2) is 10.6. The summed E-state index contributed by atoms with van der Waals surface area (Å²) in [6.45, 7) is 3.12. The van der Waals surface area contributed by atoms with Gasteiger partial charge in [0.05, 0.1) is 23.2 Å². The second-order valence-electron chi connectivity index (χ2n) is 8.73. The maximum Gasteiger partial charge on any atom is 0.280 e. The fourth-order valence-corrected chi connectivity index (χ4v) is 4.54. The molecule has 0 atom stereocenters. The van der Waals surface area contributed by atoms with Crippen LogP contribution in [0.25, 0.3) is 0 Å². The Labute approximate surface area is 202 Å². The first-order chi connectivity index (χ1) is 16.0. The van der Waals surface area contributed by atoms with Crippen molar-refractivity contribution in [2.45, 2.75) is 56.1 Å². The first kappa shape index (κ1) is 25.8. The molecule has 0 spiro atoms. The lowest BCUT2D eigenvalue weighted by atomic mass is 10.1. The van der Waals surface area contributed by atoms with Gasteiger partial charge in [0.15, 0.2) is 20.7 Å². The highest BCUT2D eigenvalue weighted by atomic mass is 32.2. The normalized spacial score (nSPS) is 15.2. The van der Waals surface area contributed by atoms with Gasteiger partial charge in [0.25, 0.3) is 11.8 Å². The monoisotopic (exact) mass is 508 g/mol. The van der Waals surface area contributed by atoms with E-state index in [9.17, 15) is 23.1 Å². The van der Waals surface area contributed by atoms with Crippen molar-refractivity contribution < 1.29 is 28.0 Å². The predicted octanol–water partition coefficient (Wildman–Crippen LogP) is 2.35. The molecule has 0 aliphatic heterocycles. The number of aliphatic hydroxyl groups excluding tert-OH is 1. The summed E-state index contributed by atoms with van der Waals surface area (Å²) in [5.41, 5.74) is -0.461. The summed E-state index contributed by atoms with van der Waals surface area (Å²) in [5.74, 6) is -1.03. The first-order valence-corrected chi connectivity index (χ1v) is 13.4. The van der Waals surface area contributed by atoms with Gasteiger partial charge in [-0.25, -0.2) is 13.4 Å². The molecular formula is C22H28N4O6S2. The molecule has 2 amide bonds. The minimum atomic E-state index is -3.39. The Bertz CT molecular complexity index is 1170. The number of thiazole rings is 1. The Morgan fingerprint density at radius 1 is 1.24 bits per heavy atom. The Morgan fingerprint density at radius 2 is 1.88 bits per heavy atom. The number of hydrogen-bond acceptors (Lipinski definition) is 9. The van der Waals surface area contributed by atoms with Gasteiger partial charge in [-0.1, -0.05) is 28.6 Å². The van der Waals surface area contributed by atoms with Gasteiger partial charge >= 0.3 is 0 Å². The van der Waals surface area contributed by atoms with E-state index < -0.39 is 27.2 Å². The van der Waals surface area contributed by atoms with Crippen molar-refractivity contribution in [1.29, 1.82) is 0 Å². The quantitative estimate of drug-likeness (QED) is 0.348. The van der Waals surface area contributed by atoms with Crippen LogP contribution >= 0.6 is 11.3 Å². The van der Waals surface area contributed by atoms with Gasteiger partial charge < -0.3 is 15.3 Å². The third-order valence-corrected chi connectivity index (χ3v) is 7.20. The highest BCUT2D eigenvalue weighted by Crippen LogP contribution is 2.23. The zero-order chi connectivity index (χ0) is 24.9. The van der Waals surface area contributed by atoms with E-state index >= 15 is 0 Å². The molecule has 184 valence electrons. The van der Waals surface area contributed by atoms with Crippen LogP contribution in [-0.2, 0) is 19.5 Å². The summed E-state index contributed by atoms with van der Waals surface area (Å²) >= 11 is 0.970. The molecule has 1 saturated carbocycles. The van der Waals surface area contributed by atoms with Gasteiger partial charge in [0.2, 0.25) is 0 Å². The van der Waals surface area contributed by atoms with Gasteiger partial charge in [-0.3, -0.25) is 14.9 Å². The number of aromatic nitrogens is 1. The van der Waals surface area contributed by atoms with E-state index in [0.29, 0.717) is 5.56 Å². The lowest BCUT2D eigenvalue weighted by molar-refractivity contribution is -0.110. The number of carbonyl (C=O) groups is 2. The SMILES string of the molecule is CC(C)(CO)NC(=O)c1cnc(NC(=O)C(=NOC2CCCC2)c2ccc(S(C)(=O)=O)cc2)s1. The maximum absolute atomic E-state index is 13.0. The molecule has 1 heterocycles. The van der Waals surface area contributed by atoms with Gasteiger partial charge in [0, 0.05) is 11.8 Å². The molecule has 1 aliphatic carbocycles. The van der Waals surface area contributed by atoms with Crippen LogP contribution in [0.1, 0.15) is 54.8 Å². The molecule has 3 N–H and O–H groups in total. The molecule has 1 aromatic carbocycles. The van der Waals surface area contributed by atoms with Crippen molar-refractivity contribution in [3.8, 4) is 0 Å². The second-order valence-corrected chi connectivity index (χ2v) is 11.8. The molecular weight excluding hydrogens is 480 g/mol. The van der Waals surface area contributed by atoms with Crippen molar-refractivity contribution in [2.75, 3.05) is 18.2 Å². The number of anilines is 1. The molecule has 12 heteroatoms. The van der Waals surface area contributed by atoms with Crippen LogP contribution in [0, 0.1) is 0 Å². The van der Waals surface area contributed by atoms with Crippen LogP contribution in [0.3, 0.4) is 0 Å². The third kappa shape index (κ3) is 6.84. The lowest BCUT2D eigenvalue weighted by Crippen LogP contribution is -2.46. The average molecular weight is 509 g/mol. The lowest BCUT2D eigenvalue weighted by Gasteiger charge is -2.22. The molecule has 0 unspecified atom stereocenters. The van der Waals surface area contributed by atoms with Gasteiger partial charge in [0.1, 0.15) is 11.0 Å². The minimum Gasteiger partial charge on any atom is -0.394 e. The van der Waals surface area contributed by atoms with Crippen molar-refractivity contribution in [3.05, 3.63) is 40.9 Å². The summed E-state index contributed by atoms with van der Waals surface area (Å²) in [7, 11) is -3.39. The van der Waals surface area contributed by atoms with Crippen LogP contribution in [-0.4, -0.2) is 60.5 Å². The van der Waals surface area contributed by atoms with E-state index in [1.165, 1.54) is 30.5 Å². The van der Waals surface area contributed by atoms with Crippen molar-refractivity contribution in [2.24, 2.45) is 5.16 Å². The predicted molar refractivity (Wildman–Crippen MR) is 129 cm³/mol. The number of carbonyl (C=O) groups excluding carboxylic acids is 2. The molecule has 0 radical (unpaired) electrons. The molecule has 34 heavy (non-hydrogen) atoms. The smallest absolute Gasteiger partial charge is 0.280 e. The fourth-order valence-electron chi connectivity index (χ4n) is 3.21. The standard InChI is InChI=1S/C22H28N4O6S2/c1-22(2,13-27)25-19(28)17-12-23-21(33-17)24-20(29)18(26-32-15-6-4-5-7-15)14-8-10-16(11-9-14)34(3,30)31/h8-12,15,27H,4-7,13H2,1-3H3,(H,25,28)(H,23,24,29). The number of hydrogen-bond donors (Lipinski definition) is 3. The number of amides is 2. The number of nitrogens with one attached hydrogen (secondary N) is 2. The van der Waals surface area contributed by atoms with Crippen LogP contribution in [0.5, 0.6) is 0 Å². The van der Waals surface area contributed by atoms with E-state index in [-0.39, 0.29) is 33.3 Å². The first-order valence-electron chi connectivity index (χ1n) is 10.7. The van der Waals surface area contributed by atoms with E-state index in [1.54, 1.807) is 13.8 Å². The van der Waals surface area contributed by atoms with Crippen molar-refractivity contribution in [1.82, 2.24) is 10.3 Å². The molecule has 0 saturated heterocycles. The number of aliphatic hydroxyl groups is 1. The fraction of sp³-hybridized carbons (Fsp3) is 0.455. The van der Waals surface area contributed by atoms with Gasteiger partial charge in [-0.05, 0) is 51.7 Å². The molecule has 1 fully saturated rings. The van der Waals surface area contributed by atoms with Crippen LogP contribution in [0.4, 0.5) is 5.13 Å². The van der Waals surface area contributed by atoms with E-state index in [2.05, 4.69) is 20.8 Å². The third-order valence-electron chi connectivity index (χ3n) is 5.16. The topological polar surface area (TPSA) is 147 Å². The maximum atomic E-state index is 13.0. The summed E-state index contributed by atoms with van der Waals surface area (Å²) in [4.78, 5) is 35.5. The minimum absolute atomic E-state index is 0.0328. The van der Waals surface area contributed by atoms with Crippen LogP contribution in [0.15, 0.2) is 40.5 Å². The van der Waals surface area contributed by atoms with Gasteiger partial charge in [-0.15, -0.1) is 0 Å². The Balaban J connectivity index is 1.80. The summed E-state index contributed by atoms with van der Waals surface area (Å²) in [6, 6.07) is 5.78. The largest absolute Gasteiger partial charge is 0.394 e. The Kier molecular flexibility index (Phi) is 8.05. The summed E-state index contributed by atoms with van der Waals surface area (Å²) in [6.07, 6.45) is 6.11. The molecule has 2 aromatic rings. The summed E-state index contributed by atoms with van der Waals surface area (Å²) in [5, 5.41) is 18.9. The number of oxime groups is 1.